The molecule has 5 aromatic carbocycles. The van der Waals surface area contributed by atoms with Gasteiger partial charge >= 0.3 is 0 Å². The van der Waals surface area contributed by atoms with Crippen molar-refractivity contribution in [2.75, 3.05) is 0 Å². The molecule has 0 saturated heterocycles. The standard InChI is InChI=1S/C36H20N2O4/c39-34-22-8-2-4-13-31(22)41-32-18-26-33(19-25(32)34)42-36-23(35(26)40)9-5-12-30(36)38-28-11-3-1-7-21(28)24-17-20(14-15-29(24)38)27-10-6-16-37-27/h1-19,37H. The van der Waals surface area contributed by atoms with E-state index in [-0.39, 0.29) is 10.9 Å². The average molecular weight is 545 g/mol. The number of aromatic nitrogens is 2. The third kappa shape index (κ3) is 3.09. The Morgan fingerprint density at radius 2 is 1.24 bits per heavy atom. The summed E-state index contributed by atoms with van der Waals surface area (Å²) in [4.78, 5) is 30.6. The van der Waals surface area contributed by atoms with Crippen molar-refractivity contribution in [1.29, 1.82) is 0 Å². The lowest BCUT2D eigenvalue weighted by Crippen LogP contribution is -2.07. The van der Waals surface area contributed by atoms with Gasteiger partial charge in [0, 0.05) is 22.7 Å². The summed E-state index contributed by atoms with van der Waals surface area (Å²) in [6, 6.07) is 34.6. The van der Waals surface area contributed by atoms with Crippen LogP contribution in [0, 0.1) is 0 Å². The molecule has 0 aliphatic rings. The van der Waals surface area contributed by atoms with Crippen molar-refractivity contribution in [2.24, 2.45) is 0 Å². The minimum atomic E-state index is -0.180. The number of para-hydroxylation sites is 3. The van der Waals surface area contributed by atoms with Gasteiger partial charge < -0.3 is 18.4 Å². The first-order chi connectivity index (χ1) is 20.7. The number of hydrogen-bond donors (Lipinski definition) is 1. The van der Waals surface area contributed by atoms with Gasteiger partial charge in [0.1, 0.15) is 16.7 Å². The molecule has 0 unspecified atom stereocenters. The van der Waals surface area contributed by atoms with Crippen LogP contribution in [0.1, 0.15) is 0 Å². The Morgan fingerprint density at radius 1 is 0.524 bits per heavy atom. The molecule has 0 atom stereocenters. The van der Waals surface area contributed by atoms with Crippen LogP contribution >= 0.6 is 0 Å². The van der Waals surface area contributed by atoms with Crippen LogP contribution in [-0.4, -0.2) is 9.55 Å². The topological polar surface area (TPSA) is 81.1 Å². The molecule has 0 aliphatic heterocycles. The first kappa shape index (κ1) is 22.9. The van der Waals surface area contributed by atoms with Gasteiger partial charge in [-0.15, -0.1) is 0 Å². The lowest BCUT2D eigenvalue weighted by Gasteiger charge is -2.12. The lowest BCUT2D eigenvalue weighted by atomic mass is 10.1. The maximum absolute atomic E-state index is 13.9. The normalized spacial score (nSPS) is 12.0. The van der Waals surface area contributed by atoms with E-state index in [0.717, 1.165) is 38.8 Å². The van der Waals surface area contributed by atoms with Crippen LogP contribution in [0.15, 0.2) is 134 Å². The molecular formula is C36H20N2O4. The van der Waals surface area contributed by atoms with Gasteiger partial charge in [-0.3, -0.25) is 9.59 Å². The summed E-state index contributed by atoms with van der Waals surface area (Å²) in [6.07, 6.45) is 1.92. The number of nitrogens with one attached hydrogen (secondary N) is 1. The molecule has 0 amide bonds. The van der Waals surface area contributed by atoms with Crippen molar-refractivity contribution < 1.29 is 8.83 Å². The summed E-state index contributed by atoms with van der Waals surface area (Å²) in [7, 11) is 0. The predicted molar refractivity (Wildman–Crippen MR) is 168 cm³/mol. The maximum Gasteiger partial charge on any atom is 0.200 e. The minimum absolute atomic E-state index is 0.162. The average Bonchev–Trinajstić information content (AvgIpc) is 3.68. The zero-order valence-corrected chi connectivity index (χ0v) is 22.0. The van der Waals surface area contributed by atoms with Crippen LogP contribution in [0.25, 0.3) is 82.6 Å². The van der Waals surface area contributed by atoms with Crippen LogP contribution in [-0.2, 0) is 0 Å². The highest BCUT2D eigenvalue weighted by Gasteiger charge is 2.19. The molecule has 42 heavy (non-hydrogen) atoms. The fourth-order valence-electron chi connectivity index (χ4n) is 6.24. The van der Waals surface area contributed by atoms with Crippen LogP contribution in [0.3, 0.4) is 0 Å². The second kappa shape index (κ2) is 8.32. The van der Waals surface area contributed by atoms with Gasteiger partial charge in [0.25, 0.3) is 0 Å². The van der Waals surface area contributed by atoms with Crippen LogP contribution in [0.5, 0.6) is 0 Å². The molecule has 0 saturated carbocycles. The highest BCUT2D eigenvalue weighted by atomic mass is 16.3. The Kier molecular flexibility index (Phi) is 4.53. The molecule has 4 aromatic heterocycles. The Labute approximate surface area is 236 Å². The summed E-state index contributed by atoms with van der Waals surface area (Å²) >= 11 is 0. The Balaban J connectivity index is 1.37. The fourth-order valence-corrected chi connectivity index (χ4v) is 6.24. The monoisotopic (exact) mass is 544 g/mol. The van der Waals surface area contributed by atoms with Gasteiger partial charge in [-0.05, 0) is 72.3 Å². The van der Waals surface area contributed by atoms with Crippen molar-refractivity contribution in [2.45, 2.75) is 0 Å². The molecule has 0 fully saturated rings. The first-order valence-electron chi connectivity index (χ1n) is 13.7. The number of H-pyrrole nitrogens is 1. The second-order valence-corrected chi connectivity index (χ2v) is 10.5. The van der Waals surface area contributed by atoms with Crippen molar-refractivity contribution in [3.05, 3.63) is 136 Å². The van der Waals surface area contributed by atoms with Crippen molar-refractivity contribution in [1.82, 2.24) is 9.55 Å². The molecule has 9 aromatic rings. The van der Waals surface area contributed by atoms with E-state index in [4.69, 9.17) is 8.83 Å². The summed E-state index contributed by atoms with van der Waals surface area (Å²) in [5.74, 6) is 0. The lowest BCUT2D eigenvalue weighted by molar-refractivity contribution is 0.651. The molecule has 0 bridgehead atoms. The smallest absolute Gasteiger partial charge is 0.200 e. The predicted octanol–water partition coefficient (Wildman–Crippen LogP) is 8.30. The van der Waals surface area contributed by atoms with E-state index in [1.807, 2.05) is 42.6 Å². The van der Waals surface area contributed by atoms with E-state index in [1.165, 1.54) is 0 Å². The van der Waals surface area contributed by atoms with Gasteiger partial charge in [-0.25, -0.2) is 0 Å². The minimum Gasteiger partial charge on any atom is -0.456 e. The third-order valence-corrected chi connectivity index (χ3v) is 8.20. The molecule has 6 heteroatoms. The van der Waals surface area contributed by atoms with Crippen molar-refractivity contribution in [3.63, 3.8) is 0 Å². The van der Waals surface area contributed by atoms with Crippen LogP contribution < -0.4 is 10.9 Å². The summed E-state index contributed by atoms with van der Waals surface area (Å²) in [6.45, 7) is 0. The van der Waals surface area contributed by atoms with Crippen LogP contribution in [0.4, 0.5) is 0 Å². The zero-order chi connectivity index (χ0) is 27.9. The van der Waals surface area contributed by atoms with E-state index in [2.05, 4.69) is 45.9 Å². The second-order valence-electron chi connectivity index (χ2n) is 10.5. The van der Waals surface area contributed by atoms with Gasteiger partial charge in [-0.1, -0.05) is 42.5 Å². The van der Waals surface area contributed by atoms with Gasteiger partial charge in [0.2, 0.25) is 10.9 Å². The van der Waals surface area contributed by atoms with Crippen molar-refractivity contribution >= 4 is 65.7 Å². The van der Waals surface area contributed by atoms with Gasteiger partial charge in [0.15, 0.2) is 5.58 Å². The first-order valence-corrected chi connectivity index (χ1v) is 13.7. The van der Waals surface area contributed by atoms with Crippen molar-refractivity contribution in [3.8, 4) is 16.9 Å². The van der Waals surface area contributed by atoms with E-state index in [1.54, 1.807) is 36.4 Å². The Bertz CT molecular complexity index is 2670. The zero-order valence-electron chi connectivity index (χ0n) is 22.0. The quantitative estimate of drug-likeness (QED) is 0.222. The van der Waals surface area contributed by atoms with E-state index in [0.29, 0.717) is 43.9 Å². The molecule has 0 spiro atoms. The molecule has 9 rings (SSSR count). The number of fused-ring (bicyclic) bond motifs is 7. The molecule has 0 radical (unpaired) electrons. The summed E-state index contributed by atoms with van der Waals surface area (Å²) in [5.41, 5.74) is 6.15. The summed E-state index contributed by atoms with van der Waals surface area (Å²) in [5, 5.41) is 3.86. The molecule has 1 N–H and O–H groups in total. The summed E-state index contributed by atoms with van der Waals surface area (Å²) < 4.78 is 14.7. The third-order valence-electron chi connectivity index (χ3n) is 8.20. The number of benzene rings is 5. The van der Waals surface area contributed by atoms with Gasteiger partial charge in [0.05, 0.1) is 38.3 Å². The number of aromatic amines is 1. The SMILES string of the molecule is O=c1c2ccccc2oc2cc3c(=O)c4cccc(-n5c6ccccc6c6cc(-c7ccc[nH]7)ccc65)c4oc3cc12. The molecule has 198 valence electrons. The van der Waals surface area contributed by atoms with Crippen LogP contribution in [0.2, 0.25) is 0 Å². The molecule has 6 nitrogen and oxygen atoms in total. The number of hydrogen-bond acceptors (Lipinski definition) is 4. The highest BCUT2D eigenvalue weighted by molar-refractivity contribution is 6.11. The van der Waals surface area contributed by atoms with E-state index in [9.17, 15) is 9.59 Å². The number of nitrogens with zero attached hydrogens (tertiary/aromatic N) is 1. The molecule has 0 aliphatic carbocycles. The van der Waals surface area contributed by atoms with E-state index >= 15 is 0 Å². The molecular weight excluding hydrogens is 524 g/mol. The Morgan fingerprint density at radius 3 is 2.07 bits per heavy atom. The highest BCUT2D eigenvalue weighted by Crippen LogP contribution is 2.37. The Hall–Kier alpha value is -5.88. The van der Waals surface area contributed by atoms with Gasteiger partial charge in [-0.2, -0.15) is 0 Å². The maximum atomic E-state index is 13.9. The fraction of sp³-hybridized carbons (Fsp3) is 0. The largest absolute Gasteiger partial charge is 0.456 e. The number of rotatable bonds is 2. The molecule has 4 heterocycles. The van der Waals surface area contributed by atoms with E-state index < -0.39 is 0 Å².